The summed E-state index contributed by atoms with van der Waals surface area (Å²) in [6, 6.07) is 4.43. The molecule has 1 aliphatic heterocycles. The zero-order chi connectivity index (χ0) is 22.3. The summed E-state index contributed by atoms with van der Waals surface area (Å²) in [4.78, 5) is 24.2. The lowest BCUT2D eigenvalue weighted by molar-refractivity contribution is -0.387. The molecule has 1 fully saturated rings. The number of carbonyl (C=O) groups is 1. The summed E-state index contributed by atoms with van der Waals surface area (Å²) >= 11 is 1.43. The molecule has 0 aliphatic carbocycles. The summed E-state index contributed by atoms with van der Waals surface area (Å²) in [6.45, 7) is 6.79. The van der Waals surface area contributed by atoms with Gasteiger partial charge in [-0.2, -0.15) is 0 Å². The number of hydrogen-bond donors (Lipinski definition) is 1. The second kappa shape index (κ2) is 11.1. The van der Waals surface area contributed by atoms with Crippen LogP contribution in [-0.2, 0) is 10.0 Å². The molecule has 0 atom stereocenters. The molecule has 1 saturated heterocycles. The number of nitrogens with one attached hydrogen (secondary N) is 1. The van der Waals surface area contributed by atoms with Gasteiger partial charge in [-0.3, -0.25) is 14.9 Å². The quantitative estimate of drug-likeness (QED) is 0.326. The van der Waals surface area contributed by atoms with E-state index in [1.807, 2.05) is 6.92 Å². The van der Waals surface area contributed by atoms with Gasteiger partial charge in [0.1, 0.15) is 0 Å². The number of hydrogen-bond acceptors (Lipinski definition) is 6. The predicted octanol–water partition coefficient (Wildman–Crippen LogP) is 3.67. The Morgan fingerprint density at radius 3 is 2.57 bits per heavy atom. The number of nitro groups is 1. The van der Waals surface area contributed by atoms with E-state index in [9.17, 15) is 23.3 Å². The number of rotatable bonds is 10. The zero-order valence-corrected chi connectivity index (χ0v) is 19.4. The fourth-order valence-electron chi connectivity index (χ4n) is 3.26. The van der Waals surface area contributed by atoms with Crippen molar-refractivity contribution >= 4 is 33.4 Å². The molecule has 0 aromatic heterocycles. The first-order valence-electron chi connectivity index (χ1n) is 10.3. The van der Waals surface area contributed by atoms with Crippen molar-refractivity contribution in [2.24, 2.45) is 5.92 Å². The average Bonchev–Trinajstić information content (AvgIpc) is 2.68. The number of sulfonamides is 1. The Balaban J connectivity index is 1.99. The Labute approximate surface area is 183 Å². The van der Waals surface area contributed by atoms with Crippen molar-refractivity contribution in [1.29, 1.82) is 0 Å². The van der Waals surface area contributed by atoms with Gasteiger partial charge in [-0.05, 0) is 49.5 Å². The third kappa shape index (κ3) is 6.95. The van der Waals surface area contributed by atoms with Gasteiger partial charge in [0.15, 0.2) is 0 Å². The zero-order valence-electron chi connectivity index (χ0n) is 17.8. The topological polar surface area (TPSA) is 110 Å². The van der Waals surface area contributed by atoms with Crippen molar-refractivity contribution in [2.75, 3.05) is 24.6 Å². The van der Waals surface area contributed by atoms with Crippen LogP contribution in [0.4, 0.5) is 5.69 Å². The summed E-state index contributed by atoms with van der Waals surface area (Å²) in [5.41, 5.74) is 0.188. The highest BCUT2D eigenvalue weighted by molar-refractivity contribution is 7.99. The second-order valence-corrected chi connectivity index (χ2v) is 11.2. The van der Waals surface area contributed by atoms with Crippen molar-refractivity contribution < 1.29 is 18.1 Å². The van der Waals surface area contributed by atoms with E-state index in [0.717, 1.165) is 12.2 Å². The van der Waals surface area contributed by atoms with Gasteiger partial charge in [0.25, 0.3) is 11.6 Å². The largest absolute Gasteiger partial charge is 0.349 e. The van der Waals surface area contributed by atoms with Gasteiger partial charge in [-0.25, -0.2) is 12.7 Å². The van der Waals surface area contributed by atoms with Gasteiger partial charge in [0, 0.05) is 30.8 Å². The summed E-state index contributed by atoms with van der Waals surface area (Å²) in [7, 11) is -3.23. The fourth-order valence-corrected chi connectivity index (χ4v) is 6.06. The lowest BCUT2D eigenvalue weighted by Crippen LogP contribution is -2.47. The molecule has 1 aromatic rings. The van der Waals surface area contributed by atoms with Crippen LogP contribution >= 0.6 is 11.8 Å². The van der Waals surface area contributed by atoms with E-state index in [1.54, 1.807) is 12.1 Å². The van der Waals surface area contributed by atoms with Gasteiger partial charge < -0.3 is 5.32 Å². The number of thioether (sulfide) groups is 1. The number of nitro benzene ring substituents is 1. The molecule has 168 valence electrons. The van der Waals surface area contributed by atoms with E-state index in [0.29, 0.717) is 43.2 Å². The molecule has 1 aromatic carbocycles. The number of amides is 1. The van der Waals surface area contributed by atoms with E-state index in [1.165, 1.54) is 22.1 Å². The van der Waals surface area contributed by atoms with E-state index < -0.39 is 14.9 Å². The molecule has 1 amide bonds. The molecule has 0 spiro atoms. The number of piperidine rings is 1. The minimum Gasteiger partial charge on any atom is -0.349 e. The summed E-state index contributed by atoms with van der Waals surface area (Å²) < 4.78 is 25.8. The van der Waals surface area contributed by atoms with Crippen LogP contribution < -0.4 is 5.32 Å². The first-order valence-corrected chi connectivity index (χ1v) is 12.9. The smallest absolute Gasteiger partial charge is 0.283 e. The Bertz CT molecular complexity index is 850. The number of nitrogens with zero attached hydrogens (tertiary/aromatic N) is 2. The maximum atomic E-state index is 12.6. The number of carbonyl (C=O) groups excluding carboxylic acids is 1. The van der Waals surface area contributed by atoms with Crippen molar-refractivity contribution in [3.05, 3.63) is 33.9 Å². The molecule has 8 nitrogen and oxygen atoms in total. The molecule has 0 saturated carbocycles. The highest BCUT2D eigenvalue weighted by Gasteiger charge is 2.28. The van der Waals surface area contributed by atoms with E-state index in [4.69, 9.17) is 0 Å². The van der Waals surface area contributed by atoms with Crippen LogP contribution in [0.1, 0.15) is 56.8 Å². The molecular weight excluding hydrogens is 426 g/mol. The molecule has 0 radical (unpaired) electrons. The van der Waals surface area contributed by atoms with Crippen LogP contribution in [-0.4, -0.2) is 54.2 Å². The molecule has 2 rings (SSSR count). The maximum Gasteiger partial charge on any atom is 0.283 e. The van der Waals surface area contributed by atoms with Crippen LogP contribution in [0.25, 0.3) is 0 Å². The molecular formula is C20H31N3O5S2. The van der Waals surface area contributed by atoms with Gasteiger partial charge in [-0.1, -0.05) is 20.8 Å². The SMILES string of the molecule is CCCS(=O)(=O)N1CCC(NC(=O)c2ccc(SCCC(C)C)c([N+](=O)[O-])c2)CC1. The van der Waals surface area contributed by atoms with Crippen LogP contribution in [0, 0.1) is 16.0 Å². The van der Waals surface area contributed by atoms with Crippen LogP contribution in [0.15, 0.2) is 23.1 Å². The normalized spacial score (nSPS) is 16.0. The monoisotopic (exact) mass is 457 g/mol. The van der Waals surface area contributed by atoms with E-state index in [2.05, 4.69) is 19.2 Å². The highest BCUT2D eigenvalue weighted by atomic mass is 32.2. The van der Waals surface area contributed by atoms with E-state index >= 15 is 0 Å². The van der Waals surface area contributed by atoms with Crippen molar-refractivity contribution in [2.45, 2.75) is 57.4 Å². The highest BCUT2D eigenvalue weighted by Crippen LogP contribution is 2.31. The van der Waals surface area contributed by atoms with Crippen LogP contribution in [0.3, 0.4) is 0 Å². The van der Waals surface area contributed by atoms with Crippen molar-refractivity contribution in [1.82, 2.24) is 9.62 Å². The molecule has 30 heavy (non-hydrogen) atoms. The van der Waals surface area contributed by atoms with Gasteiger partial charge in [0.2, 0.25) is 10.0 Å². The third-order valence-corrected chi connectivity index (χ3v) is 8.19. The number of benzene rings is 1. The van der Waals surface area contributed by atoms with Crippen molar-refractivity contribution in [3.63, 3.8) is 0 Å². The van der Waals surface area contributed by atoms with Crippen LogP contribution in [0.5, 0.6) is 0 Å². The standard InChI is InChI=1S/C20H31N3O5S2/c1-4-13-30(27,28)22-10-7-17(8-11-22)21-20(24)16-5-6-19(18(14-16)23(25)26)29-12-9-15(2)3/h5-6,14-15,17H,4,7-13H2,1-3H3,(H,21,24). The molecule has 0 unspecified atom stereocenters. The minimum atomic E-state index is -3.23. The Morgan fingerprint density at radius 1 is 1.33 bits per heavy atom. The molecule has 10 heteroatoms. The molecule has 0 bridgehead atoms. The maximum absolute atomic E-state index is 12.6. The first kappa shape index (κ1) is 24.6. The third-order valence-electron chi connectivity index (χ3n) is 5.02. The average molecular weight is 458 g/mol. The Hall–Kier alpha value is -1.65. The predicted molar refractivity (Wildman–Crippen MR) is 119 cm³/mol. The molecule has 1 heterocycles. The van der Waals surface area contributed by atoms with Crippen LogP contribution in [0.2, 0.25) is 0 Å². The van der Waals surface area contributed by atoms with E-state index in [-0.39, 0.29) is 29.0 Å². The Morgan fingerprint density at radius 2 is 2.00 bits per heavy atom. The lowest BCUT2D eigenvalue weighted by Gasteiger charge is -2.31. The summed E-state index contributed by atoms with van der Waals surface area (Å²) in [6.07, 6.45) is 2.58. The summed E-state index contributed by atoms with van der Waals surface area (Å²) in [5, 5.41) is 14.4. The lowest BCUT2D eigenvalue weighted by atomic mass is 10.1. The van der Waals surface area contributed by atoms with Gasteiger partial charge in [0.05, 0.1) is 15.6 Å². The summed E-state index contributed by atoms with van der Waals surface area (Å²) in [5.74, 6) is 1.07. The minimum absolute atomic E-state index is 0.0584. The fraction of sp³-hybridized carbons (Fsp3) is 0.650. The molecule has 1 aliphatic rings. The molecule has 1 N–H and O–H groups in total. The first-order chi connectivity index (χ1) is 14.1. The second-order valence-electron chi connectivity index (χ2n) is 7.93. The van der Waals surface area contributed by atoms with Gasteiger partial charge in [-0.15, -0.1) is 11.8 Å². The van der Waals surface area contributed by atoms with Gasteiger partial charge >= 0.3 is 0 Å². The Kier molecular flexibility index (Phi) is 9.11. The van der Waals surface area contributed by atoms with Crippen molar-refractivity contribution in [3.8, 4) is 0 Å².